The van der Waals surface area contributed by atoms with Gasteiger partial charge in [-0.05, 0) is 6.42 Å². The number of nitrogens with one attached hydrogen (secondary N) is 1. The van der Waals surface area contributed by atoms with Crippen LogP contribution in [0.25, 0.3) is 0 Å². The van der Waals surface area contributed by atoms with E-state index >= 15 is 0 Å². The van der Waals surface area contributed by atoms with Gasteiger partial charge in [0.1, 0.15) is 11.9 Å². The molecule has 0 aromatic carbocycles. The summed E-state index contributed by atoms with van der Waals surface area (Å²) in [6.45, 7) is 3.28. The van der Waals surface area contributed by atoms with E-state index in [1.165, 1.54) is 17.2 Å². The number of aliphatic hydroxyl groups is 2. The Bertz CT molecular complexity index is 517. The number of phosphoric ester groups is 1. The average Bonchev–Trinajstić information content (AvgIpc) is 2.64. The number of hydrogen-bond acceptors (Lipinski definition) is 6. The number of nitrogens with zero attached hydrogens (tertiary/aromatic N) is 1. The maximum absolute atomic E-state index is 11.2. The topological polar surface area (TPSA) is 140 Å². The highest BCUT2D eigenvalue weighted by Crippen LogP contribution is 2.39. The van der Waals surface area contributed by atoms with Crippen LogP contribution in [0.4, 0.5) is 0 Å². The lowest BCUT2D eigenvalue weighted by Gasteiger charge is -2.33. The molecule has 1 fully saturated rings. The molecule has 0 radical (unpaired) electrons. The van der Waals surface area contributed by atoms with Gasteiger partial charge in [-0.15, -0.1) is 0 Å². The highest BCUT2D eigenvalue weighted by atomic mass is 31.2. The fraction of sp³-hybridized carbons (Fsp3) is 0.545. The van der Waals surface area contributed by atoms with Gasteiger partial charge in [-0.1, -0.05) is 6.58 Å². The highest BCUT2D eigenvalue weighted by molar-refractivity contribution is 7.46. The van der Waals surface area contributed by atoms with E-state index < -0.39 is 32.0 Å². The van der Waals surface area contributed by atoms with Gasteiger partial charge in [0.15, 0.2) is 0 Å². The van der Waals surface area contributed by atoms with Crippen LogP contribution in [0.15, 0.2) is 24.7 Å². The second-order valence-corrected chi connectivity index (χ2v) is 6.23. The number of carbonyl (C=O) groups is 1. The zero-order chi connectivity index (χ0) is 15.8. The van der Waals surface area contributed by atoms with Gasteiger partial charge in [0.25, 0.3) is 5.91 Å². The molecule has 9 nitrogen and oxygen atoms in total. The number of phosphoric acid groups is 1. The smallest absolute Gasteiger partial charge is 0.390 e. The normalized spacial score (nSPS) is 33.4. The summed E-state index contributed by atoms with van der Waals surface area (Å²) in [5.41, 5.74) is 0. The van der Waals surface area contributed by atoms with Crippen molar-refractivity contribution in [2.75, 3.05) is 6.61 Å². The van der Waals surface area contributed by atoms with E-state index in [2.05, 4.69) is 16.4 Å². The van der Waals surface area contributed by atoms with Crippen molar-refractivity contribution in [2.24, 2.45) is 5.92 Å². The molecule has 4 atom stereocenters. The van der Waals surface area contributed by atoms with Crippen molar-refractivity contribution in [3.63, 3.8) is 0 Å². The van der Waals surface area contributed by atoms with Crippen LogP contribution < -0.4 is 5.32 Å². The minimum absolute atomic E-state index is 0.224. The molecule has 5 N–H and O–H groups in total. The lowest BCUT2D eigenvalue weighted by molar-refractivity contribution is -0.116. The summed E-state index contributed by atoms with van der Waals surface area (Å²) in [4.78, 5) is 30.0. The quantitative estimate of drug-likeness (QED) is 0.399. The Kier molecular flexibility index (Phi) is 4.52. The van der Waals surface area contributed by atoms with Crippen LogP contribution in [0, 0.1) is 5.92 Å². The minimum atomic E-state index is -4.63. The van der Waals surface area contributed by atoms with Gasteiger partial charge < -0.3 is 30.2 Å². The SMILES string of the molecule is C=C1NC(=O)C=CN1C1C[C@H](COP(=O)(O)O)[C@@H](O)C1O. The molecule has 2 unspecified atom stereocenters. The molecule has 2 aliphatic rings. The number of amides is 1. The summed E-state index contributed by atoms with van der Waals surface area (Å²) in [6.07, 6.45) is 0.565. The molecule has 0 bridgehead atoms. The molecule has 10 heteroatoms. The van der Waals surface area contributed by atoms with E-state index in [0.29, 0.717) is 0 Å². The second kappa shape index (κ2) is 5.88. The van der Waals surface area contributed by atoms with Crippen molar-refractivity contribution in [1.29, 1.82) is 0 Å². The Morgan fingerprint density at radius 2 is 2.10 bits per heavy atom. The highest BCUT2D eigenvalue weighted by Gasteiger charge is 2.45. The van der Waals surface area contributed by atoms with E-state index in [1.54, 1.807) is 0 Å². The second-order valence-electron chi connectivity index (χ2n) is 4.99. The first kappa shape index (κ1) is 16.2. The maximum Gasteiger partial charge on any atom is 0.469 e. The Morgan fingerprint density at radius 1 is 1.43 bits per heavy atom. The molecular weight excluding hydrogens is 303 g/mol. The Labute approximate surface area is 120 Å². The van der Waals surface area contributed by atoms with Crippen LogP contribution in [0.5, 0.6) is 0 Å². The zero-order valence-electron chi connectivity index (χ0n) is 11.0. The zero-order valence-corrected chi connectivity index (χ0v) is 11.9. The van der Waals surface area contributed by atoms with Crippen LogP contribution in [-0.2, 0) is 13.9 Å². The molecule has 1 aliphatic heterocycles. The van der Waals surface area contributed by atoms with Gasteiger partial charge in [-0.25, -0.2) is 4.57 Å². The van der Waals surface area contributed by atoms with Crippen molar-refractivity contribution in [1.82, 2.24) is 10.2 Å². The van der Waals surface area contributed by atoms with E-state index in [9.17, 15) is 19.6 Å². The summed E-state index contributed by atoms with van der Waals surface area (Å²) >= 11 is 0. The van der Waals surface area contributed by atoms with Gasteiger partial charge in [0.2, 0.25) is 0 Å². The molecular formula is C11H17N2O7P. The first-order valence-corrected chi connectivity index (χ1v) is 7.74. The summed E-state index contributed by atoms with van der Waals surface area (Å²) in [6, 6.07) is -0.574. The van der Waals surface area contributed by atoms with Gasteiger partial charge in [-0.3, -0.25) is 9.32 Å². The molecule has 0 saturated heterocycles. The fourth-order valence-corrected chi connectivity index (χ4v) is 2.92. The molecule has 0 aromatic rings. The number of carbonyl (C=O) groups excluding carboxylic acids is 1. The third-order valence-corrected chi connectivity index (χ3v) is 4.04. The third kappa shape index (κ3) is 3.70. The molecule has 1 heterocycles. The molecule has 2 rings (SSSR count). The summed E-state index contributed by atoms with van der Waals surface area (Å²) in [5, 5.41) is 22.5. The molecule has 21 heavy (non-hydrogen) atoms. The number of rotatable bonds is 4. The summed E-state index contributed by atoms with van der Waals surface area (Å²) < 4.78 is 15.1. The summed E-state index contributed by atoms with van der Waals surface area (Å²) in [5.74, 6) is -0.725. The van der Waals surface area contributed by atoms with Gasteiger partial charge >= 0.3 is 7.82 Å². The van der Waals surface area contributed by atoms with Gasteiger partial charge in [0, 0.05) is 18.2 Å². The monoisotopic (exact) mass is 320 g/mol. The fourth-order valence-electron chi connectivity index (χ4n) is 2.53. The first-order chi connectivity index (χ1) is 9.69. The Balaban J connectivity index is 2.06. The number of aliphatic hydroxyl groups excluding tert-OH is 2. The van der Waals surface area contributed by atoms with Gasteiger partial charge in [-0.2, -0.15) is 0 Å². The minimum Gasteiger partial charge on any atom is -0.390 e. The Morgan fingerprint density at radius 3 is 2.67 bits per heavy atom. The third-order valence-electron chi connectivity index (χ3n) is 3.55. The van der Waals surface area contributed by atoms with Crippen LogP contribution >= 0.6 is 7.82 Å². The van der Waals surface area contributed by atoms with Crippen molar-refractivity contribution >= 4 is 13.7 Å². The number of hydrogen-bond donors (Lipinski definition) is 5. The van der Waals surface area contributed by atoms with Crippen LogP contribution in [0.2, 0.25) is 0 Å². The van der Waals surface area contributed by atoms with Crippen molar-refractivity contribution in [2.45, 2.75) is 24.7 Å². The summed E-state index contributed by atoms with van der Waals surface area (Å²) in [7, 11) is -4.63. The van der Waals surface area contributed by atoms with Crippen LogP contribution in [0.1, 0.15) is 6.42 Å². The molecule has 1 aliphatic carbocycles. The lowest BCUT2D eigenvalue weighted by Crippen LogP contribution is -2.45. The van der Waals surface area contributed by atoms with E-state index in [0.717, 1.165) is 0 Å². The van der Waals surface area contributed by atoms with E-state index in [-0.39, 0.29) is 24.8 Å². The van der Waals surface area contributed by atoms with E-state index in [1.807, 2.05) is 0 Å². The predicted molar refractivity (Wildman–Crippen MR) is 70.2 cm³/mol. The molecule has 0 spiro atoms. The average molecular weight is 320 g/mol. The van der Waals surface area contributed by atoms with Crippen LogP contribution in [-0.4, -0.2) is 55.7 Å². The maximum atomic E-state index is 11.2. The van der Waals surface area contributed by atoms with Crippen LogP contribution in [0.3, 0.4) is 0 Å². The first-order valence-electron chi connectivity index (χ1n) is 6.21. The Hall–Kier alpha value is -1.22. The van der Waals surface area contributed by atoms with Gasteiger partial charge in [0.05, 0.1) is 18.8 Å². The molecule has 1 amide bonds. The predicted octanol–water partition coefficient (Wildman–Crippen LogP) is -1.38. The van der Waals surface area contributed by atoms with Crippen molar-refractivity contribution < 1.29 is 33.9 Å². The molecule has 1 saturated carbocycles. The van der Waals surface area contributed by atoms with E-state index in [4.69, 9.17) is 9.79 Å². The largest absolute Gasteiger partial charge is 0.469 e. The van der Waals surface area contributed by atoms with Crippen molar-refractivity contribution in [3.8, 4) is 0 Å². The lowest BCUT2D eigenvalue weighted by atomic mass is 10.1. The molecule has 118 valence electrons. The van der Waals surface area contributed by atoms with Crippen molar-refractivity contribution in [3.05, 3.63) is 24.7 Å². The standard InChI is InChI=1S/C11H17N2O7P/c1-6-12-9(14)2-3-13(6)8-4-7(10(15)11(8)16)5-20-21(17,18)19/h2-3,7-8,10-11,15-16H,1,4-5H2,(H,12,14)(H2,17,18,19)/t7-,8?,10-,11?/m1/s1. The molecule has 0 aromatic heterocycles.